The number of aryl methyl sites for hydroxylation is 1. The SMILES string of the molecule is Cc1cc(F)ccc1C(=O)NC[C@H](CC(=O)O)CC(C)C. The molecule has 0 aliphatic carbocycles. The van der Waals surface area contributed by atoms with Crippen LogP contribution in [0.15, 0.2) is 18.2 Å². The van der Waals surface area contributed by atoms with Crippen LogP contribution in [0.3, 0.4) is 0 Å². The highest BCUT2D eigenvalue weighted by molar-refractivity contribution is 5.95. The molecule has 1 rings (SSSR count). The molecular weight excluding hydrogens is 273 g/mol. The Kier molecular flexibility index (Phi) is 6.34. The fraction of sp³-hybridized carbons (Fsp3) is 0.500. The second kappa shape index (κ2) is 7.76. The average molecular weight is 295 g/mol. The van der Waals surface area contributed by atoms with Crippen molar-refractivity contribution in [2.45, 2.75) is 33.6 Å². The Morgan fingerprint density at radius 1 is 1.33 bits per heavy atom. The molecule has 0 fully saturated rings. The maximum Gasteiger partial charge on any atom is 0.303 e. The molecule has 0 saturated carbocycles. The van der Waals surface area contributed by atoms with Gasteiger partial charge in [-0.25, -0.2) is 4.39 Å². The lowest BCUT2D eigenvalue weighted by molar-refractivity contribution is -0.138. The lowest BCUT2D eigenvalue weighted by Gasteiger charge is -2.18. The van der Waals surface area contributed by atoms with Crippen LogP contribution in [0, 0.1) is 24.6 Å². The second-order valence-electron chi connectivity index (χ2n) is 5.76. The van der Waals surface area contributed by atoms with E-state index in [1.165, 1.54) is 18.2 Å². The summed E-state index contributed by atoms with van der Waals surface area (Å²) in [4.78, 5) is 22.9. The van der Waals surface area contributed by atoms with Gasteiger partial charge in [-0.2, -0.15) is 0 Å². The normalized spacial score (nSPS) is 12.2. The number of carbonyl (C=O) groups is 2. The maximum absolute atomic E-state index is 13.0. The molecule has 2 N–H and O–H groups in total. The van der Waals surface area contributed by atoms with Gasteiger partial charge in [-0.3, -0.25) is 9.59 Å². The van der Waals surface area contributed by atoms with Gasteiger partial charge in [-0.1, -0.05) is 13.8 Å². The summed E-state index contributed by atoms with van der Waals surface area (Å²) in [6.07, 6.45) is 0.760. The summed E-state index contributed by atoms with van der Waals surface area (Å²) in [6, 6.07) is 3.98. The van der Waals surface area contributed by atoms with E-state index in [4.69, 9.17) is 5.11 Å². The summed E-state index contributed by atoms with van der Waals surface area (Å²) < 4.78 is 13.0. The van der Waals surface area contributed by atoms with E-state index in [0.717, 1.165) is 6.42 Å². The smallest absolute Gasteiger partial charge is 0.303 e. The Morgan fingerprint density at radius 2 is 2.00 bits per heavy atom. The van der Waals surface area contributed by atoms with Crippen LogP contribution in [0.1, 0.15) is 42.6 Å². The van der Waals surface area contributed by atoms with Crippen LogP contribution in [0.5, 0.6) is 0 Å². The van der Waals surface area contributed by atoms with E-state index in [9.17, 15) is 14.0 Å². The number of nitrogens with one attached hydrogen (secondary N) is 1. The Morgan fingerprint density at radius 3 is 2.52 bits per heavy atom. The van der Waals surface area contributed by atoms with Crippen LogP contribution in [-0.4, -0.2) is 23.5 Å². The van der Waals surface area contributed by atoms with Crippen LogP contribution < -0.4 is 5.32 Å². The third-order valence-corrected chi connectivity index (χ3v) is 3.25. The fourth-order valence-corrected chi connectivity index (χ4v) is 2.37. The topological polar surface area (TPSA) is 66.4 Å². The highest BCUT2D eigenvalue weighted by Crippen LogP contribution is 2.15. The lowest BCUT2D eigenvalue weighted by atomic mass is 9.94. The highest BCUT2D eigenvalue weighted by atomic mass is 19.1. The second-order valence-corrected chi connectivity index (χ2v) is 5.76. The van der Waals surface area contributed by atoms with Crippen molar-refractivity contribution < 1.29 is 19.1 Å². The summed E-state index contributed by atoms with van der Waals surface area (Å²) in [5.41, 5.74) is 0.973. The number of carbonyl (C=O) groups excluding carboxylic acids is 1. The third kappa shape index (κ3) is 5.94. The Hall–Kier alpha value is -1.91. The van der Waals surface area contributed by atoms with Crippen molar-refractivity contribution in [2.75, 3.05) is 6.54 Å². The minimum absolute atomic E-state index is 0.0286. The monoisotopic (exact) mass is 295 g/mol. The molecule has 1 atom stereocenters. The molecule has 21 heavy (non-hydrogen) atoms. The minimum Gasteiger partial charge on any atom is -0.481 e. The maximum atomic E-state index is 13.0. The quantitative estimate of drug-likeness (QED) is 0.812. The molecule has 0 bridgehead atoms. The number of carboxylic acid groups (broad SMARTS) is 1. The van der Waals surface area contributed by atoms with Crippen molar-refractivity contribution in [2.24, 2.45) is 11.8 Å². The summed E-state index contributed by atoms with van der Waals surface area (Å²) >= 11 is 0. The number of hydrogen-bond donors (Lipinski definition) is 2. The van der Waals surface area contributed by atoms with Crippen LogP contribution in [0.2, 0.25) is 0 Å². The number of carboxylic acids is 1. The first-order chi connectivity index (χ1) is 9.79. The van der Waals surface area contributed by atoms with Crippen molar-refractivity contribution in [1.82, 2.24) is 5.32 Å². The molecule has 4 nitrogen and oxygen atoms in total. The molecule has 0 saturated heterocycles. The van der Waals surface area contributed by atoms with E-state index in [-0.39, 0.29) is 24.1 Å². The summed E-state index contributed by atoms with van der Waals surface area (Å²) in [6.45, 7) is 6.00. The van der Waals surface area contributed by atoms with Crippen LogP contribution in [0.4, 0.5) is 4.39 Å². The largest absolute Gasteiger partial charge is 0.481 e. The molecule has 0 aliphatic heterocycles. The van der Waals surface area contributed by atoms with Gasteiger partial charge in [-0.15, -0.1) is 0 Å². The molecule has 0 unspecified atom stereocenters. The van der Waals surface area contributed by atoms with E-state index in [1.807, 2.05) is 13.8 Å². The number of halogens is 1. The predicted octanol–water partition coefficient (Wildman–Crippen LogP) is 3.00. The number of rotatable bonds is 7. The molecular formula is C16H22FNO3. The zero-order valence-electron chi connectivity index (χ0n) is 12.6. The fourth-order valence-electron chi connectivity index (χ4n) is 2.37. The Bertz CT molecular complexity index is 514. The number of benzene rings is 1. The lowest BCUT2D eigenvalue weighted by Crippen LogP contribution is -2.31. The third-order valence-electron chi connectivity index (χ3n) is 3.25. The molecule has 1 aromatic rings. The zero-order chi connectivity index (χ0) is 16.0. The van der Waals surface area contributed by atoms with Crippen molar-refractivity contribution in [1.29, 1.82) is 0 Å². The van der Waals surface area contributed by atoms with Gasteiger partial charge in [-0.05, 0) is 48.9 Å². The first-order valence-electron chi connectivity index (χ1n) is 7.05. The molecule has 0 aromatic heterocycles. The summed E-state index contributed by atoms with van der Waals surface area (Å²) in [5.74, 6) is -1.29. The van der Waals surface area contributed by atoms with Crippen molar-refractivity contribution >= 4 is 11.9 Å². The van der Waals surface area contributed by atoms with Crippen LogP contribution in [-0.2, 0) is 4.79 Å². The van der Waals surface area contributed by atoms with E-state index in [1.54, 1.807) is 6.92 Å². The van der Waals surface area contributed by atoms with E-state index in [2.05, 4.69) is 5.32 Å². The highest BCUT2D eigenvalue weighted by Gasteiger charge is 2.17. The Balaban J connectivity index is 2.65. The first-order valence-corrected chi connectivity index (χ1v) is 7.05. The van der Waals surface area contributed by atoms with Gasteiger partial charge in [0.05, 0.1) is 0 Å². The molecule has 1 aromatic carbocycles. The minimum atomic E-state index is -0.868. The summed E-state index contributed by atoms with van der Waals surface area (Å²) in [5, 5.41) is 11.6. The van der Waals surface area contributed by atoms with Gasteiger partial charge in [0.25, 0.3) is 5.91 Å². The van der Waals surface area contributed by atoms with Gasteiger partial charge in [0.1, 0.15) is 5.82 Å². The molecule has 5 heteroatoms. The summed E-state index contributed by atoms with van der Waals surface area (Å²) in [7, 11) is 0. The number of amides is 1. The molecule has 1 amide bonds. The zero-order valence-corrected chi connectivity index (χ0v) is 12.6. The molecule has 0 heterocycles. The van der Waals surface area contributed by atoms with Crippen molar-refractivity contribution in [3.05, 3.63) is 35.1 Å². The van der Waals surface area contributed by atoms with Gasteiger partial charge in [0.2, 0.25) is 0 Å². The standard InChI is InChI=1S/C16H22FNO3/c1-10(2)6-12(8-15(19)20)9-18-16(21)14-5-4-13(17)7-11(14)3/h4-5,7,10,12H,6,8-9H2,1-3H3,(H,18,21)(H,19,20)/t12-/m0/s1. The predicted molar refractivity (Wildman–Crippen MR) is 78.7 cm³/mol. The molecule has 0 radical (unpaired) electrons. The average Bonchev–Trinajstić information content (AvgIpc) is 2.34. The molecule has 0 spiro atoms. The van der Waals surface area contributed by atoms with E-state index >= 15 is 0 Å². The van der Waals surface area contributed by atoms with Gasteiger partial charge >= 0.3 is 5.97 Å². The van der Waals surface area contributed by atoms with Gasteiger partial charge < -0.3 is 10.4 Å². The van der Waals surface area contributed by atoms with E-state index < -0.39 is 5.97 Å². The molecule has 116 valence electrons. The molecule has 0 aliphatic rings. The first kappa shape index (κ1) is 17.1. The number of hydrogen-bond acceptors (Lipinski definition) is 2. The Labute approximate surface area is 124 Å². The van der Waals surface area contributed by atoms with Crippen LogP contribution in [0.25, 0.3) is 0 Å². The van der Waals surface area contributed by atoms with E-state index in [0.29, 0.717) is 23.6 Å². The van der Waals surface area contributed by atoms with Crippen LogP contribution >= 0.6 is 0 Å². The van der Waals surface area contributed by atoms with Gasteiger partial charge in [0.15, 0.2) is 0 Å². The van der Waals surface area contributed by atoms with Crippen molar-refractivity contribution in [3.8, 4) is 0 Å². The van der Waals surface area contributed by atoms with Crippen molar-refractivity contribution in [3.63, 3.8) is 0 Å². The number of aliphatic carboxylic acids is 1. The van der Waals surface area contributed by atoms with Gasteiger partial charge in [0, 0.05) is 18.5 Å².